The van der Waals surface area contributed by atoms with Crippen molar-refractivity contribution in [1.29, 1.82) is 0 Å². The van der Waals surface area contributed by atoms with Crippen LogP contribution in [0.5, 0.6) is 0 Å². The van der Waals surface area contributed by atoms with Crippen LogP contribution in [0.2, 0.25) is 0 Å². The van der Waals surface area contributed by atoms with Crippen molar-refractivity contribution in [2.75, 3.05) is 19.6 Å². The molecule has 3 unspecified atom stereocenters. The minimum absolute atomic E-state index is 0.261. The Morgan fingerprint density at radius 3 is 2.22 bits per heavy atom. The van der Waals surface area contributed by atoms with E-state index in [-0.39, 0.29) is 5.54 Å². The van der Waals surface area contributed by atoms with E-state index in [1.807, 2.05) is 0 Å². The van der Waals surface area contributed by atoms with E-state index in [2.05, 4.69) is 51.8 Å². The summed E-state index contributed by atoms with van der Waals surface area (Å²) >= 11 is 0. The molecule has 1 saturated heterocycles. The molecule has 0 aromatic carbocycles. The summed E-state index contributed by atoms with van der Waals surface area (Å²) in [6.45, 7) is 17.7. The Bertz CT molecular complexity index is 222. The van der Waals surface area contributed by atoms with Gasteiger partial charge in [0.25, 0.3) is 0 Å². The number of nitrogens with one attached hydrogen (secondary N) is 1. The molecule has 18 heavy (non-hydrogen) atoms. The molecule has 1 aliphatic heterocycles. The zero-order valence-electron chi connectivity index (χ0n) is 13.4. The molecule has 3 atom stereocenters. The quantitative estimate of drug-likeness (QED) is 0.755. The topological polar surface area (TPSA) is 15.3 Å². The molecule has 0 radical (unpaired) electrons. The first-order valence-electron chi connectivity index (χ1n) is 7.77. The Morgan fingerprint density at radius 2 is 1.72 bits per heavy atom. The van der Waals surface area contributed by atoms with Crippen molar-refractivity contribution in [3.8, 4) is 0 Å². The molecule has 0 aliphatic carbocycles. The second-order valence-corrected chi connectivity index (χ2v) is 7.57. The minimum atomic E-state index is 0.261. The lowest BCUT2D eigenvalue weighted by molar-refractivity contribution is 0.0975. The van der Waals surface area contributed by atoms with E-state index in [4.69, 9.17) is 0 Å². The lowest BCUT2D eigenvalue weighted by atomic mass is 9.90. The standard InChI is InChI=1S/C16H34N2/c1-13-10-14(2)12-18(11-13)15(3)8-7-9-17-16(4,5)6/h13-15,17H,7-12H2,1-6H3. The fourth-order valence-electron chi connectivity index (χ4n) is 3.11. The average Bonchev–Trinajstić information content (AvgIpc) is 2.21. The summed E-state index contributed by atoms with van der Waals surface area (Å²) in [5.74, 6) is 1.76. The highest BCUT2D eigenvalue weighted by molar-refractivity contribution is 4.79. The van der Waals surface area contributed by atoms with Crippen molar-refractivity contribution in [2.24, 2.45) is 11.8 Å². The first kappa shape index (κ1) is 16.0. The van der Waals surface area contributed by atoms with E-state index in [1.165, 1.54) is 32.4 Å². The van der Waals surface area contributed by atoms with Crippen LogP contribution in [0.1, 0.15) is 60.8 Å². The van der Waals surface area contributed by atoms with Gasteiger partial charge in [-0.1, -0.05) is 13.8 Å². The van der Waals surface area contributed by atoms with Crippen LogP contribution in [0.4, 0.5) is 0 Å². The van der Waals surface area contributed by atoms with Gasteiger partial charge in [0.05, 0.1) is 0 Å². The molecule has 1 rings (SSSR count). The smallest absolute Gasteiger partial charge is 0.00965 e. The van der Waals surface area contributed by atoms with E-state index in [1.54, 1.807) is 0 Å². The molecule has 0 bridgehead atoms. The van der Waals surface area contributed by atoms with Crippen molar-refractivity contribution < 1.29 is 0 Å². The minimum Gasteiger partial charge on any atom is -0.312 e. The third kappa shape index (κ3) is 6.19. The molecule has 108 valence electrons. The first-order valence-corrected chi connectivity index (χ1v) is 7.77. The number of hydrogen-bond donors (Lipinski definition) is 1. The summed E-state index contributed by atoms with van der Waals surface area (Å²) < 4.78 is 0. The molecule has 1 N–H and O–H groups in total. The SMILES string of the molecule is CC1CC(C)CN(C(C)CCCNC(C)(C)C)C1. The van der Waals surface area contributed by atoms with Gasteiger partial charge in [-0.2, -0.15) is 0 Å². The van der Waals surface area contributed by atoms with Crippen LogP contribution in [-0.4, -0.2) is 36.1 Å². The summed E-state index contributed by atoms with van der Waals surface area (Å²) in [5.41, 5.74) is 0.261. The highest BCUT2D eigenvalue weighted by Gasteiger charge is 2.24. The molecule has 1 aliphatic rings. The molecule has 2 heteroatoms. The average molecular weight is 254 g/mol. The highest BCUT2D eigenvalue weighted by Crippen LogP contribution is 2.23. The van der Waals surface area contributed by atoms with E-state index in [0.29, 0.717) is 0 Å². The maximum Gasteiger partial charge on any atom is 0.00965 e. The van der Waals surface area contributed by atoms with Crippen molar-refractivity contribution in [3.05, 3.63) is 0 Å². The Morgan fingerprint density at radius 1 is 1.17 bits per heavy atom. The summed E-state index contributed by atoms with van der Waals surface area (Å²) in [5, 5.41) is 3.58. The summed E-state index contributed by atoms with van der Waals surface area (Å²) in [4.78, 5) is 2.70. The number of rotatable bonds is 5. The fraction of sp³-hybridized carbons (Fsp3) is 1.00. The second-order valence-electron chi connectivity index (χ2n) is 7.57. The molecule has 1 heterocycles. The summed E-state index contributed by atoms with van der Waals surface area (Å²) in [6.07, 6.45) is 4.02. The van der Waals surface area contributed by atoms with E-state index in [0.717, 1.165) is 24.4 Å². The van der Waals surface area contributed by atoms with Gasteiger partial charge in [0.2, 0.25) is 0 Å². The Kier molecular flexibility index (Phi) is 6.13. The van der Waals surface area contributed by atoms with Crippen LogP contribution in [0.3, 0.4) is 0 Å². The van der Waals surface area contributed by atoms with E-state index in [9.17, 15) is 0 Å². The van der Waals surface area contributed by atoms with Crippen LogP contribution in [0.15, 0.2) is 0 Å². The third-order valence-corrected chi connectivity index (χ3v) is 3.97. The van der Waals surface area contributed by atoms with E-state index >= 15 is 0 Å². The van der Waals surface area contributed by atoms with Crippen molar-refractivity contribution in [3.63, 3.8) is 0 Å². The molecule has 0 aromatic rings. The van der Waals surface area contributed by atoms with E-state index < -0.39 is 0 Å². The third-order valence-electron chi connectivity index (χ3n) is 3.97. The number of nitrogens with zero attached hydrogens (tertiary/aromatic N) is 1. The van der Waals surface area contributed by atoms with Crippen LogP contribution in [0, 0.1) is 11.8 Å². The monoisotopic (exact) mass is 254 g/mol. The molecule has 2 nitrogen and oxygen atoms in total. The predicted octanol–water partition coefficient (Wildman–Crippen LogP) is 3.52. The number of hydrogen-bond acceptors (Lipinski definition) is 2. The van der Waals surface area contributed by atoms with Gasteiger partial charge in [-0.05, 0) is 65.3 Å². The Hall–Kier alpha value is -0.0800. The maximum absolute atomic E-state index is 3.58. The van der Waals surface area contributed by atoms with Gasteiger partial charge in [0, 0.05) is 24.7 Å². The zero-order valence-corrected chi connectivity index (χ0v) is 13.4. The molecule has 0 amide bonds. The van der Waals surface area contributed by atoms with Gasteiger partial charge in [0.1, 0.15) is 0 Å². The second kappa shape index (κ2) is 6.91. The molecule has 1 fully saturated rings. The Balaban J connectivity index is 2.21. The van der Waals surface area contributed by atoms with Gasteiger partial charge in [0.15, 0.2) is 0 Å². The summed E-state index contributed by atoms with van der Waals surface area (Å²) in [6, 6.07) is 0.747. The molecule has 0 saturated carbocycles. The van der Waals surface area contributed by atoms with Gasteiger partial charge in [-0.25, -0.2) is 0 Å². The van der Waals surface area contributed by atoms with Crippen LogP contribution in [0.25, 0.3) is 0 Å². The maximum atomic E-state index is 3.58. The first-order chi connectivity index (χ1) is 8.28. The molecule has 0 spiro atoms. The lowest BCUT2D eigenvalue weighted by Gasteiger charge is -2.39. The Labute approximate surface area is 115 Å². The van der Waals surface area contributed by atoms with Crippen molar-refractivity contribution in [2.45, 2.75) is 72.4 Å². The summed E-state index contributed by atoms with van der Waals surface area (Å²) in [7, 11) is 0. The van der Waals surface area contributed by atoms with Crippen molar-refractivity contribution in [1.82, 2.24) is 10.2 Å². The van der Waals surface area contributed by atoms with Gasteiger partial charge >= 0.3 is 0 Å². The van der Waals surface area contributed by atoms with Crippen LogP contribution >= 0.6 is 0 Å². The predicted molar refractivity (Wildman–Crippen MR) is 81.0 cm³/mol. The normalized spacial score (nSPS) is 28.3. The zero-order chi connectivity index (χ0) is 13.8. The number of likely N-dealkylation sites (tertiary alicyclic amines) is 1. The number of piperidine rings is 1. The molecule has 0 aromatic heterocycles. The highest BCUT2D eigenvalue weighted by atomic mass is 15.2. The van der Waals surface area contributed by atoms with Crippen molar-refractivity contribution >= 4 is 0 Å². The lowest BCUT2D eigenvalue weighted by Crippen LogP contribution is -2.44. The van der Waals surface area contributed by atoms with Gasteiger partial charge < -0.3 is 10.2 Å². The van der Waals surface area contributed by atoms with Crippen LogP contribution in [-0.2, 0) is 0 Å². The largest absolute Gasteiger partial charge is 0.312 e. The molecular formula is C16H34N2. The van der Waals surface area contributed by atoms with Gasteiger partial charge in [-0.15, -0.1) is 0 Å². The van der Waals surface area contributed by atoms with Gasteiger partial charge in [-0.3, -0.25) is 0 Å². The molecular weight excluding hydrogens is 220 g/mol. The fourth-order valence-corrected chi connectivity index (χ4v) is 3.11. The van der Waals surface area contributed by atoms with Crippen LogP contribution < -0.4 is 5.32 Å².